The van der Waals surface area contributed by atoms with Crippen LogP contribution in [0.4, 0.5) is 10.1 Å². The lowest BCUT2D eigenvalue weighted by molar-refractivity contribution is 0.188. The zero-order chi connectivity index (χ0) is 26.5. The van der Waals surface area contributed by atoms with Gasteiger partial charge < -0.3 is 14.5 Å². The molecule has 1 atom stereocenters. The molecule has 7 nitrogen and oxygen atoms in total. The highest BCUT2D eigenvalue weighted by atomic mass is 19.1. The first-order chi connectivity index (χ1) is 19.1. The van der Waals surface area contributed by atoms with Gasteiger partial charge >= 0.3 is 0 Å². The van der Waals surface area contributed by atoms with Crippen molar-refractivity contribution in [3.05, 3.63) is 84.3 Å². The molecule has 0 radical (unpaired) electrons. The summed E-state index contributed by atoms with van der Waals surface area (Å²) in [5.41, 5.74) is 6.06. The Bertz CT molecular complexity index is 1760. The number of hydrogen-bond donors (Lipinski definition) is 1. The Morgan fingerprint density at radius 3 is 2.74 bits per heavy atom. The lowest BCUT2D eigenvalue weighted by Crippen LogP contribution is -2.56. The van der Waals surface area contributed by atoms with Crippen molar-refractivity contribution in [2.24, 2.45) is 0 Å². The molecule has 2 aliphatic rings. The van der Waals surface area contributed by atoms with Gasteiger partial charge in [-0.15, -0.1) is 0 Å². The van der Waals surface area contributed by atoms with E-state index in [1.165, 1.54) is 6.07 Å². The number of benzene rings is 3. The molecule has 4 heterocycles. The van der Waals surface area contributed by atoms with E-state index < -0.39 is 5.82 Å². The quantitative estimate of drug-likeness (QED) is 0.342. The molecule has 1 saturated heterocycles. The number of fused-ring (bicyclic) bond motifs is 4. The molecule has 1 unspecified atom stereocenters. The molecule has 39 heavy (non-hydrogen) atoms. The maximum absolute atomic E-state index is 15.5. The molecule has 7 rings (SSSR count). The van der Waals surface area contributed by atoms with E-state index in [0.29, 0.717) is 46.1 Å². The fourth-order valence-electron chi connectivity index (χ4n) is 5.70. The molecule has 2 aromatic heterocycles. The number of nitriles is 1. The number of ether oxygens (including phenoxy) is 1. The summed E-state index contributed by atoms with van der Waals surface area (Å²) in [5.74, 6) is 0.428. The minimum Gasteiger partial charge on any atom is -0.489 e. The normalized spacial score (nSPS) is 16.8. The van der Waals surface area contributed by atoms with Crippen LogP contribution >= 0.6 is 0 Å². The minimum atomic E-state index is -0.414. The molecule has 0 saturated carbocycles. The van der Waals surface area contributed by atoms with Crippen molar-refractivity contribution in [3.63, 3.8) is 0 Å². The molecule has 0 bridgehead atoms. The minimum absolute atomic E-state index is 0.347. The number of pyridine rings is 1. The number of H-pyrrole nitrogens is 1. The maximum Gasteiger partial charge on any atom is 0.143 e. The lowest BCUT2D eigenvalue weighted by Gasteiger charge is -2.44. The summed E-state index contributed by atoms with van der Waals surface area (Å²) in [6.45, 7) is 3.61. The van der Waals surface area contributed by atoms with Crippen molar-refractivity contribution in [1.82, 2.24) is 20.1 Å². The van der Waals surface area contributed by atoms with Gasteiger partial charge in [0.2, 0.25) is 0 Å². The van der Waals surface area contributed by atoms with E-state index >= 15 is 4.39 Å². The smallest absolute Gasteiger partial charge is 0.143 e. The number of nitrogens with one attached hydrogen (secondary N) is 1. The van der Waals surface area contributed by atoms with Crippen LogP contribution in [-0.2, 0) is 0 Å². The molecule has 1 fully saturated rings. The van der Waals surface area contributed by atoms with E-state index in [1.807, 2.05) is 36.4 Å². The van der Waals surface area contributed by atoms with Crippen LogP contribution < -0.4 is 9.64 Å². The van der Waals surface area contributed by atoms with Gasteiger partial charge in [-0.25, -0.2) is 4.39 Å². The van der Waals surface area contributed by atoms with Crippen LogP contribution in [0.1, 0.15) is 5.56 Å². The highest BCUT2D eigenvalue weighted by Gasteiger charge is 2.32. The topological polar surface area (TPSA) is 81.1 Å². The van der Waals surface area contributed by atoms with Gasteiger partial charge in [-0.1, -0.05) is 24.3 Å². The SMILES string of the molecule is CN1CCN2c3ccc(-c4n[nH]c5cc(C#N)c(-c6ccc(-c7ccccn7)cc6F)cc45)cc3OCC2C1. The van der Waals surface area contributed by atoms with Crippen molar-refractivity contribution < 1.29 is 9.13 Å². The number of piperazine rings is 1. The molecule has 1 N–H and O–H groups in total. The Morgan fingerprint density at radius 2 is 1.92 bits per heavy atom. The van der Waals surface area contributed by atoms with E-state index in [-0.39, 0.29) is 0 Å². The van der Waals surface area contributed by atoms with E-state index in [4.69, 9.17) is 4.74 Å². The number of anilines is 1. The van der Waals surface area contributed by atoms with Crippen LogP contribution in [0, 0.1) is 17.1 Å². The fourth-order valence-corrected chi connectivity index (χ4v) is 5.70. The van der Waals surface area contributed by atoms with Gasteiger partial charge in [0.1, 0.15) is 23.9 Å². The zero-order valence-electron chi connectivity index (χ0n) is 21.4. The van der Waals surface area contributed by atoms with Gasteiger partial charge in [-0.05, 0) is 49.5 Å². The van der Waals surface area contributed by atoms with E-state index in [0.717, 1.165) is 47.7 Å². The Kier molecular flexibility index (Phi) is 5.53. The Morgan fingerprint density at radius 1 is 1.03 bits per heavy atom. The van der Waals surface area contributed by atoms with Crippen LogP contribution in [0.3, 0.4) is 0 Å². The molecule has 0 spiro atoms. The molecular formula is C31H25FN6O. The third-order valence-electron chi connectivity index (χ3n) is 7.70. The van der Waals surface area contributed by atoms with Crippen molar-refractivity contribution in [2.45, 2.75) is 6.04 Å². The summed E-state index contributed by atoms with van der Waals surface area (Å²) >= 11 is 0. The first kappa shape index (κ1) is 23.4. The molecule has 2 aliphatic heterocycles. The molecule has 192 valence electrons. The molecule has 0 amide bonds. The molecule has 5 aromatic rings. The van der Waals surface area contributed by atoms with Crippen LogP contribution in [0.25, 0.3) is 44.5 Å². The number of rotatable bonds is 3. The highest BCUT2D eigenvalue weighted by Crippen LogP contribution is 2.40. The molecule has 0 aliphatic carbocycles. The van der Waals surface area contributed by atoms with Gasteiger partial charge in [-0.3, -0.25) is 10.1 Å². The maximum atomic E-state index is 15.5. The second-order valence-electron chi connectivity index (χ2n) is 10.1. The van der Waals surface area contributed by atoms with Crippen LogP contribution in [0.2, 0.25) is 0 Å². The average Bonchev–Trinajstić information content (AvgIpc) is 3.39. The van der Waals surface area contributed by atoms with Crippen LogP contribution in [0.5, 0.6) is 5.75 Å². The number of aromatic amines is 1. The van der Waals surface area contributed by atoms with E-state index in [9.17, 15) is 5.26 Å². The standard InChI is InChI=1S/C31H25FN6O/c1-37-10-11-38-22(17-37)18-39-30-14-20(6-8-29(30)38)31-25-15-24(21(16-33)13-28(25)35-36-31)23-7-5-19(12-26(23)32)27-4-2-3-9-34-27/h2-9,12-15,22H,10-11,17-18H2,1H3,(H,35,36). The Labute approximate surface area is 225 Å². The third kappa shape index (κ3) is 3.99. The monoisotopic (exact) mass is 516 g/mol. The van der Waals surface area contributed by atoms with Crippen LogP contribution in [0.15, 0.2) is 72.9 Å². The van der Waals surface area contributed by atoms with E-state index in [1.54, 1.807) is 18.3 Å². The number of aromatic nitrogens is 3. The Hall–Kier alpha value is -4.74. The molecular weight excluding hydrogens is 491 g/mol. The highest BCUT2D eigenvalue weighted by molar-refractivity contribution is 5.98. The third-order valence-corrected chi connectivity index (χ3v) is 7.70. The Balaban J connectivity index is 1.29. The van der Waals surface area contributed by atoms with Gasteiger partial charge in [0, 0.05) is 53.5 Å². The fraction of sp³-hybridized carbons (Fsp3) is 0.194. The second-order valence-corrected chi connectivity index (χ2v) is 10.1. The summed E-state index contributed by atoms with van der Waals surface area (Å²) in [4.78, 5) is 9.08. The largest absolute Gasteiger partial charge is 0.489 e. The first-order valence-electron chi connectivity index (χ1n) is 12.9. The van der Waals surface area contributed by atoms with Crippen molar-refractivity contribution in [2.75, 3.05) is 38.2 Å². The van der Waals surface area contributed by atoms with Gasteiger partial charge in [-0.2, -0.15) is 10.4 Å². The molecule has 8 heteroatoms. The van der Waals surface area contributed by atoms with Crippen LogP contribution in [-0.4, -0.2) is 59.4 Å². The second kappa shape index (κ2) is 9.22. The predicted molar refractivity (Wildman–Crippen MR) is 149 cm³/mol. The van der Waals surface area contributed by atoms with Gasteiger partial charge in [0.05, 0.1) is 34.6 Å². The summed E-state index contributed by atoms with van der Waals surface area (Å²) in [6.07, 6.45) is 1.68. The molecule has 3 aromatic carbocycles. The number of halogens is 1. The lowest BCUT2D eigenvalue weighted by atomic mass is 9.95. The number of hydrogen-bond acceptors (Lipinski definition) is 6. The van der Waals surface area contributed by atoms with Crippen molar-refractivity contribution >= 4 is 16.6 Å². The van der Waals surface area contributed by atoms with Crippen molar-refractivity contribution in [3.8, 4) is 45.5 Å². The first-order valence-corrected chi connectivity index (χ1v) is 12.9. The summed E-state index contributed by atoms with van der Waals surface area (Å²) in [7, 11) is 2.14. The van der Waals surface area contributed by atoms with E-state index in [2.05, 4.69) is 50.2 Å². The summed E-state index contributed by atoms with van der Waals surface area (Å²) < 4.78 is 21.6. The number of nitrogens with zero attached hydrogens (tertiary/aromatic N) is 5. The van der Waals surface area contributed by atoms with Crippen molar-refractivity contribution in [1.29, 1.82) is 5.26 Å². The summed E-state index contributed by atoms with van der Waals surface area (Å²) in [6, 6.07) is 22.9. The van der Waals surface area contributed by atoms with Gasteiger partial charge in [0.25, 0.3) is 0 Å². The zero-order valence-corrected chi connectivity index (χ0v) is 21.4. The number of likely N-dealkylation sites (N-methyl/N-ethyl adjacent to an activating group) is 1. The predicted octanol–water partition coefficient (Wildman–Crippen LogP) is 5.48. The van der Waals surface area contributed by atoms with Gasteiger partial charge in [0.15, 0.2) is 0 Å². The summed E-state index contributed by atoms with van der Waals surface area (Å²) in [5, 5.41) is 18.3. The average molecular weight is 517 g/mol.